The van der Waals surface area contributed by atoms with Gasteiger partial charge in [-0.2, -0.15) is 0 Å². The summed E-state index contributed by atoms with van der Waals surface area (Å²) >= 11 is 2.88. The molecular formula is C20H22N4O2S2. The van der Waals surface area contributed by atoms with Gasteiger partial charge in [0.15, 0.2) is 5.13 Å². The first kappa shape index (κ1) is 20.0. The maximum Gasteiger partial charge on any atom is 0.231 e. The predicted molar refractivity (Wildman–Crippen MR) is 115 cm³/mol. The van der Waals surface area contributed by atoms with Crippen LogP contribution in [0.4, 0.5) is 10.8 Å². The second kappa shape index (κ2) is 10.6. The first-order valence-electron chi connectivity index (χ1n) is 9.01. The fraction of sp³-hybridized carbons (Fsp3) is 0.250. The number of benzene rings is 1. The first-order valence-corrected chi connectivity index (χ1v) is 10.8. The van der Waals surface area contributed by atoms with Gasteiger partial charge in [0.25, 0.3) is 0 Å². The fourth-order valence-electron chi connectivity index (χ4n) is 2.51. The van der Waals surface area contributed by atoms with Gasteiger partial charge in [0.2, 0.25) is 11.8 Å². The number of nitrogens with zero attached hydrogens (tertiary/aromatic N) is 1. The third-order valence-electron chi connectivity index (χ3n) is 3.83. The smallest absolute Gasteiger partial charge is 0.231 e. The van der Waals surface area contributed by atoms with Crippen molar-refractivity contribution in [3.05, 3.63) is 63.8 Å². The lowest BCUT2D eigenvalue weighted by molar-refractivity contribution is -0.120. The molecule has 0 radical (unpaired) electrons. The van der Waals surface area contributed by atoms with Gasteiger partial charge in [-0.15, -0.1) is 22.7 Å². The van der Waals surface area contributed by atoms with Gasteiger partial charge >= 0.3 is 0 Å². The highest BCUT2D eigenvalue weighted by Crippen LogP contribution is 2.17. The summed E-state index contributed by atoms with van der Waals surface area (Å²) in [6.45, 7) is 1.40. The van der Waals surface area contributed by atoms with Crippen molar-refractivity contribution in [2.75, 3.05) is 23.7 Å². The molecule has 8 heteroatoms. The number of aromatic nitrogens is 1. The van der Waals surface area contributed by atoms with E-state index in [-0.39, 0.29) is 18.2 Å². The van der Waals surface area contributed by atoms with Gasteiger partial charge < -0.3 is 16.0 Å². The highest BCUT2D eigenvalue weighted by molar-refractivity contribution is 7.14. The number of hydrogen-bond acceptors (Lipinski definition) is 6. The van der Waals surface area contributed by atoms with Crippen molar-refractivity contribution in [3.63, 3.8) is 0 Å². The van der Waals surface area contributed by atoms with Crippen LogP contribution in [0.15, 0.2) is 53.2 Å². The van der Waals surface area contributed by atoms with Crippen LogP contribution in [0.1, 0.15) is 17.0 Å². The molecule has 0 spiro atoms. The van der Waals surface area contributed by atoms with Crippen LogP contribution < -0.4 is 16.0 Å². The lowest BCUT2D eigenvalue weighted by Crippen LogP contribution is -2.27. The van der Waals surface area contributed by atoms with Crippen molar-refractivity contribution < 1.29 is 9.59 Å². The standard InChI is InChI=1S/C20H22N4O2S2/c25-18(22-10-5-9-21-15-6-2-1-3-7-15)12-16-14-28-20(23-16)24-19(26)13-17-8-4-11-27-17/h1-4,6-8,11,14,21H,5,9-10,12-13H2,(H,22,25)(H,23,24,26). The molecule has 0 aliphatic carbocycles. The van der Waals surface area contributed by atoms with E-state index in [4.69, 9.17) is 0 Å². The Morgan fingerprint density at radius 1 is 0.929 bits per heavy atom. The molecule has 0 atom stereocenters. The second-order valence-corrected chi connectivity index (χ2v) is 8.01. The van der Waals surface area contributed by atoms with Crippen LogP contribution in [-0.2, 0) is 22.4 Å². The quantitative estimate of drug-likeness (QED) is 0.443. The number of carbonyl (C=O) groups excluding carboxylic acids is 2. The molecule has 0 fully saturated rings. The van der Waals surface area contributed by atoms with E-state index in [9.17, 15) is 9.59 Å². The Balaban J connectivity index is 1.32. The largest absolute Gasteiger partial charge is 0.385 e. The highest BCUT2D eigenvalue weighted by Gasteiger charge is 2.10. The average molecular weight is 415 g/mol. The molecular weight excluding hydrogens is 392 g/mol. The number of hydrogen-bond donors (Lipinski definition) is 3. The van der Waals surface area contributed by atoms with E-state index in [1.54, 1.807) is 16.7 Å². The van der Waals surface area contributed by atoms with Gasteiger partial charge in [0.1, 0.15) is 0 Å². The second-order valence-electron chi connectivity index (χ2n) is 6.12. The molecule has 0 saturated heterocycles. The molecule has 6 nitrogen and oxygen atoms in total. The summed E-state index contributed by atoms with van der Waals surface area (Å²) in [4.78, 5) is 29.4. The van der Waals surface area contributed by atoms with Crippen LogP contribution in [0.3, 0.4) is 0 Å². The Hall–Kier alpha value is -2.71. The first-order chi connectivity index (χ1) is 13.7. The van der Waals surface area contributed by atoms with Crippen molar-refractivity contribution in [2.45, 2.75) is 19.3 Å². The van der Waals surface area contributed by atoms with Gasteiger partial charge in [-0.1, -0.05) is 24.3 Å². The van der Waals surface area contributed by atoms with Gasteiger partial charge in [-0.25, -0.2) is 4.98 Å². The predicted octanol–water partition coefficient (Wildman–Crippen LogP) is 3.55. The van der Waals surface area contributed by atoms with E-state index in [1.807, 2.05) is 47.8 Å². The summed E-state index contributed by atoms with van der Waals surface area (Å²) in [5.41, 5.74) is 1.74. The third kappa shape index (κ3) is 6.79. The molecule has 28 heavy (non-hydrogen) atoms. The molecule has 1 aromatic carbocycles. The maximum atomic E-state index is 12.0. The summed E-state index contributed by atoms with van der Waals surface area (Å²) in [6.07, 6.45) is 1.38. The number of carbonyl (C=O) groups is 2. The van der Waals surface area contributed by atoms with Crippen LogP contribution in [0.25, 0.3) is 0 Å². The molecule has 3 aromatic rings. The number of anilines is 2. The molecule has 2 amide bonds. The Morgan fingerprint density at radius 2 is 1.79 bits per heavy atom. The van der Waals surface area contributed by atoms with Crippen LogP contribution in [-0.4, -0.2) is 29.9 Å². The zero-order valence-electron chi connectivity index (χ0n) is 15.3. The van der Waals surface area contributed by atoms with Crippen LogP contribution >= 0.6 is 22.7 Å². The minimum absolute atomic E-state index is 0.0681. The maximum absolute atomic E-state index is 12.0. The van der Waals surface area contributed by atoms with E-state index in [1.165, 1.54) is 11.3 Å². The summed E-state index contributed by atoms with van der Waals surface area (Å²) < 4.78 is 0. The Labute approximate surface area is 172 Å². The molecule has 2 aromatic heterocycles. The normalized spacial score (nSPS) is 10.4. The number of para-hydroxylation sites is 1. The Morgan fingerprint density at radius 3 is 2.57 bits per heavy atom. The van der Waals surface area contributed by atoms with E-state index in [0.29, 0.717) is 23.8 Å². The van der Waals surface area contributed by atoms with E-state index in [0.717, 1.165) is 23.5 Å². The van der Waals surface area contributed by atoms with E-state index < -0.39 is 0 Å². The minimum Gasteiger partial charge on any atom is -0.385 e. The molecule has 3 rings (SSSR count). The monoisotopic (exact) mass is 414 g/mol. The van der Waals surface area contributed by atoms with Crippen molar-refractivity contribution in [1.29, 1.82) is 0 Å². The molecule has 0 aliphatic heterocycles. The number of nitrogens with one attached hydrogen (secondary N) is 3. The fourth-order valence-corrected chi connectivity index (χ4v) is 3.94. The minimum atomic E-state index is -0.0984. The van der Waals surface area contributed by atoms with Gasteiger partial charge in [0, 0.05) is 29.0 Å². The molecule has 2 heterocycles. The number of rotatable bonds is 10. The Bertz CT molecular complexity index is 879. The summed E-state index contributed by atoms with van der Waals surface area (Å²) in [5.74, 6) is -0.166. The van der Waals surface area contributed by atoms with Gasteiger partial charge in [-0.3, -0.25) is 9.59 Å². The van der Waals surface area contributed by atoms with Crippen molar-refractivity contribution in [2.24, 2.45) is 0 Å². The summed E-state index contributed by atoms with van der Waals surface area (Å²) in [7, 11) is 0. The molecule has 3 N–H and O–H groups in total. The third-order valence-corrected chi connectivity index (χ3v) is 5.52. The number of thiophene rings is 1. The van der Waals surface area contributed by atoms with E-state index in [2.05, 4.69) is 20.9 Å². The molecule has 146 valence electrons. The highest BCUT2D eigenvalue weighted by atomic mass is 32.1. The molecule has 0 aliphatic rings. The average Bonchev–Trinajstić information content (AvgIpc) is 3.34. The zero-order valence-corrected chi connectivity index (χ0v) is 16.9. The molecule has 0 bridgehead atoms. The topological polar surface area (TPSA) is 83.1 Å². The molecule has 0 unspecified atom stereocenters. The lowest BCUT2D eigenvalue weighted by Gasteiger charge is -2.07. The van der Waals surface area contributed by atoms with Crippen LogP contribution in [0.2, 0.25) is 0 Å². The zero-order chi connectivity index (χ0) is 19.6. The van der Waals surface area contributed by atoms with Crippen molar-refractivity contribution in [1.82, 2.24) is 10.3 Å². The van der Waals surface area contributed by atoms with E-state index >= 15 is 0 Å². The van der Waals surface area contributed by atoms with Crippen LogP contribution in [0, 0.1) is 0 Å². The molecule has 0 saturated carbocycles. The number of thiazole rings is 1. The van der Waals surface area contributed by atoms with Crippen molar-refractivity contribution in [3.8, 4) is 0 Å². The SMILES string of the molecule is O=C(Cc1csc(NC(=O)Cc2cccs2)n1)NCCCNc1ccccc1. The van der Waals surface area contributed by atoms with Crippen molar-refractivity contribution >= 4 is 45.3 Å². The Kier molecular flexibility index (Phi) is 7.57. The van der Waals surface area contributed by atoms with Crippen LogP contribution in [0.5, 0.6) is 0 Å². The van der Waals surface area contributed by atoms with Gasteiger partial charge in [0.05, 0.1) is 18.5 Å². The number of amides is 2. The van der Waals surface area contributed by atoms with Gasteiger partial charge in [-0.05, 0) is 30.0 Å². The summed E-state index contributed by atoms with van der Waals surface area (Å²) in [6, 6.07) is 13.8. The summed E-state index contributed by atoms with van der Waals surface area (Å²) in [5, 5.41) is 13.3. The lowest BCUT2D eigenvalue weighted by atomic mass is 10.3.